The first-order valence-corrected chi connectivity index (χ1v) is 4.91. The number of hydrogen-bond acceptors (Lipinski definition) is 2. The topological polar surface area (TPSA) is 34.9 Å². The van der Waals surface area contributed by atoms with E-state index in [4.69, 9.17) is 0 Å². The minimum absolute atomic E-state index is 0.202. The lowest BCUT2D eigenvalue weighted by molar-refractivity contribution is 0.605. The molecule has 0 N–H and O–H groups in total. The molecule has 0 amide bonds. The quantitative estimate of drug-likeness (QED) is 0.742. The Morgan fingerprint density at radius 3 is 2.56 bits per heavy atom. The maximum absolute atomic E-state index is 13.5. The lowest BCUT2D eigenvalue weighted by Gasteiger charge is -2.08. The van der Waals surface area contributed by atoms with E-state index in [1.165, 1.54) is 4.57 Å². The highest BCUT2D eigenvalue weighted by Crippen LogP contribution is 2.16. The second-order valence-electron chi connectivity index (χ2n) is 3.46. The lowest BCUT2D eigenvalue weighted by Crippen LogP contribution is -2.24. The van der Waals surface area contributed by atoms with Gasteiger partial charge >= 0.3 is 0 Å². The van der Waals surface area contributed by atoms with E-state index in [0.29, 0.717) is 12.4 Å². The monoisotopic (exact) mass is 224 g/mol. The van der Waals surface area contributed by atoms with Crippen LogP contribution in [0.25, 0.3) is 10.9 Å². The Morgan fingerprint density at radius 2 is 1.94 bits per heavy atom. The van der Waals surface area contributed by atoms with Crippen LogP contribution in [-0.2, 0) is 6.54 Å². The Kier molecular flexibility index (Phi) is 2.46. The van der Waals surface area contributed by atoms with Gasteiger partial charge in [0.2, 0.25) is 0 Å². The molecule has 2 rings (SSSR count). The van der Waals surface area contributed by atoms with Crippen molar-refractivity contribution in [3.8, 4) is 0 Å². The summed E-state index contributed by atoms with van der Waals surface area (Å²) in [4.78, 5) is 15.8. The largest absolute Gasteiger partial charge is 0.297 e. The van der Waals surface area contributed by atoms with Gasteiger partial charge in [0.15, 0.2) is 0 Å². The molecular formula is C11H10F2N2O. The Labute approximate surface area is 90.3 Å². The average molecular weight is 224 g/mol. The highest BCUT2D eigenvalue weighted by molar-refractivity contribution is 5.78. The SMILES string of the molecule is CCn1c(C)nc2c(F)ccc(F)c2c1=O. The summed E-state index contributed by atoms with van der Waals surface area (Å²) in [6.45, 7) is 3.72. The van der Waals surface area contributed by atoms with Crippen molar-refractivity contribution in [1.82, 2.24) is 9.55 Å². The summed E-state index contributed by atoms with van der Waals surface area (Å²) < 4.78 is 28.2. The number of rotatable bonds is 1. The number of benzene rings is 1. The van der Waals surface area contributed by atoms with E-state index < -0.39 is 17.2 Å². The Bertz CT molecular complexity index is 619. The van der Waals surface area contributed by atoms with Crippen molar-refractivity contribution in [1.29, 1.82) is 0 Å². The molecule has 5 heteroatoms. The van der Waals surface area contributed by atoms with E-state index in [-0.39, 0.29) is 10.9 Å². The molecule has 1 aromatic heterocycles. The number of aromatic nitrogens is 2. The standard InChI is InChI=1S/C11H10F2N2O/c1-3-15-6(2)14-10-8(13)5-4-7(12)9(10)11(15)16/h4-5H,3H2,1-2H3. The predicted molar refractivity (Wildman–Crippen MR) is 56.3 cm³/mol. The first-order chi connectivity index (χ1) is 7.56. The molecule has 0 aliphatic heterocycles. The molecular weight excluding hydrogens is 214 g/mol. The summed E-state index contributed by atoms with van der Waals surface area (Å²) in [5.74, 6) is -1.04. The van der Waals surface area contributed by atoms with E-state index in [1.807, 2.05) is 0 Å². The van der Waals surface area contributed by atoms with Gasteiger partial charge in [-0.3, -0.25) is 9.36 Å². The van der Waals surface area contributed by atoms with Gasteiger partial charge < -0.3 is 0 Å². The van der Waals surface area contributed by atoms with Gasteiger partial charge in [0, 0.05) is 6.54 Å². The van der Waals surface area contributed by atoms with E-state index in [0.717, 1.165) is 12.1 Å². The maximum Gasteiger partial charge on any atom is 0.264 e. The normalized spacial score (nSPS) is 11.0. The summed E-state index contributed by atoms with van der Waals surface area (Å²) in [5.41, 5.74) is -0.741. The van der Waals surface area contributed by atoms with E-state index in [9.17, 15) is 13.6 Å². The molecule has 3 nitrogen and oxygen atoms in total. The van der Waals surface area contributed by atoms with Crippen molar-refractivity contribution in [3.05, 3.63) is 39.9 Å². The third kappa shape index (κ3) is 1.39. The third-order valence-corrected chi connectivity index (χ3v) is 2.52. The predicted octanol–water partition coefficient (Wildman–Crippen LogP) is 2.00. The zero-order chi connectivity index (χ0) is 11.9. The third-order valence-electron chi connectivity index (χ3n) is 2.52. The summed E-state index contributed by atoms with van der Waals surface area (Å²) in [5, 5.41) is -0.285. The van der Waals surface area contributed by atoms with Gasteiger partial charge in [-0.05, 0) is 26.0 Å². The molecule has 16 heavy (non-hydrogen) atoms. The van der Waals surface area contributed by atoms with Crippen LogP contribution < -0.4 is 5.56 Å². The minimum atomic E-state index is -0.740. The van der Waals surface area contributed by atoms with Crippen LogP contribution in [0.15, 0.2) is 16.9 Å². The molecule has 0 saturated carbocycles. The molecule has 2 aromatic rings. The van der Waals surface area contributed by atoms with Crippen molar-refractivity contribution >= 4 is 10.9 Å². The average Bonchev–Trinajstić information content (AvgIpc) is 2.24. The van der Waals surface area contributed by atoms with Gasteiger partial charge in [0.1, 0.15) is 28.4 Å². The Balaban J connectivity index is 3.05. The van der Waals surface area contributed by atoms with Gasteiger partial charge in [-0.25, -0.2) is 13.8 Å². The fourth-order valence-corrected chi connectivity index (χ4v) is 1.73. The van der Waals surface area contributed by atoms with Crippen LogP contribution in [0.5, 0.6) is 0 Å². The molecule has 0 fully saturated rings. The molecule has 84 valence electrons. The van der Waals surface area contributed by atoms with E-state index in [1.54, 1.807) is 13.8 Å². The highest BCUT2D eigenvalue weighted by Gasteiger charge is 2.14. The van der Waals surface area contributed by atoms with Crippen LogP contribution in [0.1, 0.15) is 12.7 Å². The van der Waals surface area contributed by atoms with Crippen molar-refractivity contribution in [2.24, 2.45) is 0 Å². The van der Waals surface area contributed by atoms with E-state index in [2.05, 4.69) is 4.98 Å². The number of halogens is 2. The summed E-state index contributed by atoms with van der Waals surface area (Å²) in [7, 11) is 0. The Hall–Kier alpha value is -1.78. The number of fused-ring (bicyclic) bond motifs is 1. The van der Waals surface area contributed by atoms with Gasteiger partial charge in [-0.15, -0.1) is 0 Å². The van der Waals surface area contributed by atoms with Crippen molar-refractivity contribution < 1.29 is 8.78 Å². The molecule has 1 aromatic carbocycles. The van der Waals surface area contributed by atoms with Crippen LogP contribution in [0, 0.1) is 18.6 Å². The smallest absolute Gasteiger partial charge is 0.264 e. The first kappa shape index (κ1) is 10.7. The highest BCUT2D eigenvalue weighted by atomic mass is 19.1. The lowest BCUT2D eigenvalue weighted by atomic mass is 10.2. The Morgan fingerprint density at radius 1 is 1.31 bits per heavy atom. The molecule has 0 radical (unpaired) electrons. The first-order valence-electron chi connectivity index (χ1n) is 4.91. The molecule has 1 heterocycles. The second-order valence-corrected chi connectivity index (χ2v) is 3.46. The minimum Gasteiger partial charge on any atom is -0.297 e. The van der Waals surface area contributed by atoms with Gasteiger partial charge in [-0.2, -0.15) is 0 Å². The fourth-order valence-electron chi connectivity index (χ4n) is 1.73. The molecule has 0 unspecified atom stereocenters. The van der Waals surface area contributed by atoms with Crippen LogP contribution in [-0.4, -0.2) is 9.55 Å². The maximum atomic E-state index is 13.5. The zero-order valence-corrected chi connectivity index (χ0v) is 8.92. The van der Waals surface area contributed by atoms with Gasteiger partial charge in [0.05, 0.1) is 0 Å². The summed E-state index contributed by atoms with van der Waals surface area (Å²) in [6.07, 6.45) is 0. The molecule has 0 bridgehead atoms. The molecule has 0 spiro atoms. The van der Waals surface area contributed by atoms with E-state index >= 15 is 0 Å². The second kappa shape index (κ2) is 3.66. The van der Waals surface area contributed by atoms with Gasteiger partial charge in [-0.1, -0.05) is 0 Å². The number of nitrogens with zero attached hydrogens (tertiary/aromatic N) is 2. The number of hydrogen-bond donors (Lipinski definition) is 0. The molecule has 0 aliphatic rings. The van der Waals surface area contributed by atoms with Gasteiger partial charge in [0.25, 0.3) is 5.56 Å². The molecule has 0 saturated heterocycles. The molecule has 0 aliphatic carbocycles. The number of aryl methyl sites for hydroxylation is 1. The van der Waals surface area contributed by atoms with Crippen molar-refractivity contribution in [3.63, 3.8) is 0 Å². The van der Waals surface area contributed by atoms with Crippen LogP contribution in [0.2, 0.25) is 0 Å². The van der Waals surface area contributed by atoms with Crippen LogP contribution in [0.4, 0.5) is 8.78 Å². The van der Waals surface area contributed by atoms with Crippen LogP contribution in [0.3, 0.4) is 0 Å². The van der Waals surface area contributed by atoms with Crippen molar-refractivity contribution in [2.45, 2.75) is 20.4 Å². The van der Waals surface area contributed by atoms with Crippen LogP contribution >= 0.6 is 0 Å². The summed E-state index contributed by atoms with van der Waals surface area (Å²) in [6, 6.07) is 1.91. The van der Waals surface area contributed by atoms with Crippen molar-refractivity contribution in [2.75, 3.05) is 0 Å². The summed E-state index contributed by atoms with van der Waals surface area (Å²) >= 11 is 0. The zero-order valence-electron chi connectivity index (χ0n) is 8.92. The molecule has 0 atom stereocenters. The fraction of sp³-hybridized carbons (Fsp3) is 0.273.